The number of Topliss-reactive ketones (excluding diaryl/α,β-unsaturated/α-hetero) is 2. The topological polar surface area (TPSA) is 75.2 Å². The van der Waals surface area contributed by atoms with Crippen molar-refractivity contribution in [3.05, 3.63) is 28.1 Å². The highest BCUT2D eigenvalue weighted by atomic mass is 16.1. The van der Waals surface area contributed by atoms with Gasteiger partial charge in [0.25, 0.3) is 0 Å². The number of nitrogens with one attached hydrogen (secondary N) is 1. The lowest BCUT2D eigenvalue weighted by Crippen LogP contribution is -1.96. The van der Waals surface area contributed by atoms with Crippen molar-refractivity contribution in [3.63, 3.8) is 0 Å². The highest BCUT2D eigenvalue weighted by molar-refractivity contribution is 6.13. The average Bonchev–Trinajstić information content (AvgIpc) is 3.13. The van der Waals surface area contributed by atoms with Gasteiger partial charge in [-0.3, -0.25) is 19.7 Å². The van der Waals surface area contributed by atoms with E-state index in [1.54, 1.807) is 0 Å². The molecule has 0 atom stereocenters. The van der Waals surface area contributed by atoms with Crippen molar-refractivity contribution in [1.29, 1.82) is 0 Å². The maximum Gasteiger partial charge on any atom is 0.183 e. The minimum absolute atomic E-state index is 0. The Morgan fingerprint density at radius 1 is 0.952 bits per heavy atom. The molecule has 1 aromatic rings. The number of fused-ring (bicyclic) bond motifs is 1. The zero-order chi connectivity index (χ0) is 14.3. The van der Waals surface area contributed by atoms with E-state index in [0.717, 1.165) is 41.8 Å². The number of carbonyl (C=O) groups excluding carboxylic acids is 2. The SMILES string of the molecule is C.CC1=NCC2=C1CCC2=O.Cc1[nH]nc2c1CCC2=O. The van der Waals surface area contributed by atoms with Crippen LogP contribution in [0.2, 0.25) is 0 Å². The number of ketones is 2. The first-order valence-electron chi connectivity index (χ1n) is 6.91. The molecule has 5 heteroatoms. The normalized spacial score (nSPS) is 18.9. The molecule has 4 rings (SSSR count). The van der Waals surface area contributed by atoms with Crippen LogP contribution < -0.4 is 0 Å². The van der Waals surface area contributed by atoms with E-state index < -0.39 is 0 Å². The summed E-state index contributed by atoms with van der Waals surface area (Å²) in [7, 11) is 0. The summed E-state index contributed by atoms with van der Waals surface area (Å²) in [6, 6.07) is 0. The fourth-order valence-corrected chi connectivity index (χ4v) is 2.93. The number of allylic oxidation sites excluding steroid dienone is 1. The lowest BCUT2D eigenvalue weighted by Gasteiger charge is -1.91. The van der Waals surface area contributed by atoms with Crippen LogP contribution in [-0.4, -0.2) is 34.0 Å². The van der Waals surface area contributed by atoms with Crippen LogP contribution in [0.3, 0.4) is 0 Å². The Kier molecular flexibility index (Phi) is 4.21. The van der Waals surface area contributed by atoms with E-state index >= 15 is 0 Å². The Labute approximate surface area is 124 Å². The zero-order valence-electron chi connectivity index (χ0n) is 11.7. The number of carbonyl (C=O) groups is 2. The summed E-state index contributed by atoms with van der Waals surface area (Å²) in [5.41, 5.74) is 6.12. The molecule has 0 radical (unpaired) electrons. The van der Waals surface area contributed by atoms with Crippen molar-refractivity contribution in [2.45, 2.75) is 47.0 Å². The third-order valence-corrected chi connectivity index (χ3v) is 4.15. The summed E-state index contributed by atoms with van der Waals surface area (Å²) in [4.78, 5) is 26.3. The monoisotopic (exact) mass is 287 g/mol. The van der Waals surface area contributed by atoms with Crippen molar-refractivity contribution < 1.29 is 9.59 Å². The lowest BCUT2D eigenvalue weighted by atomic mass is 10.1. The van der Waals surface area contributed by atoms with Crippen LogP contribution in [0.25, 0.3) is 0 Å². The van der Waals surface area contributed by atoms with Crippen LogP contribution >= 0.6 is 0 Å². The maximum atomic E-state index is 11.1. The van der Waals surface area contributed by atoms with Gasteiger partial charge in [0.15, 0.2) is 11.6 Å². The maximum absolute atomic E-state index is 11.1. The Bertz CT molecular complexity index is 665. The molecule has 0 aromatic carbocycles. The van der Waals surface area contributed by atoms with Crippen LogP contribution in [0.15, 0.2) is 16.1 Å². The summed E-state index contributed by atoms with van der Waals surface area (Å²) in [6.07, 6.45) is 3.17. The summed E-state index contributed by atoms with van der Waals surface area (Å²) in [5, 5.41) is 6.70. The van der Waals surface area contributed by atoms with E-state index in [2.05, 4.69) is 15.2 Å². The molecule has 0 amide bonds. The second-order valence-corrected chi connectivity index (χ2v) is 5.38. The van der Waals surface area contributed by atoms with Crippen LogP contribution in [-0.2, 0) is 11.2 Å². The summed E-state index contributed by atoms with van der Waals surface area (Å²) >= 11 is 0. The molecular formula is C16H21N3O2. The van der Waals surface area contributed by atoms with Gasteiger partial charge < -0.3 is 0 Å². The molecule has 0 saturated heterocycles. The number of hydrogen-bond donors (Lipinski definition) is 1. The molecule has 3 aliphatic rings. The van der Waals surface area contributed by atoms with Crippen molar-refractivity contribution in [2.24, 2.45) is 4.99 Å². The smallest absolute Gasteiger partial charge is 0.183 e. The fourth-order valence-electron chi connectivity index (χ4n) is 2.93. The lowest BCUT2D eigenvalue weighted by molar-refractivity contribution is -0.114. The number of aromatic nitrogens is 2. The first-order valence-corrected chi connectivity index (χ1v) is 6.91. The van der Waals surface area contributed by atoms with Gasteiger partial charge in [0.2, 0.25) is 0 Å². The van der Waals surface area contributed by atoms with Gasteiger partial charge in [0.1, 0.15) is 5.69 Å². The quantitative estimate of drug-likeness (QED) is 0.797. The van der Waals surface area contributed by atoms with Gasteiger partial charge in [-0.05, 0) is 32.3 Å². The Hall–Kier alpha value is -2.04. The molecule has 0 unspecified atom stereocenters. The van der Waals surface area contributed by atoms with Crippen LogP contribution in [0.1, 0.15) is 55.4 Å². The molecule has 0 bridgehead atoms. The van der Waals surface area contributed by atoms with Gasteiger partial charge in [-0.15, -0.1) is 0 Å². The van der Waals surface area contributed by atoms with Gasteiger partial charge in [0, 0.05) is 35.4 Å². The molecule has 2 aliphatic carbocycles. The molecule has 1 aromatic heterocycles. The molecule has 1 N–H and O–H groups in total. The minimum atomic E-state index is 0. The van der Waals surface area contributed by atoms with E-state index in [4.69, 9.17) is 0 Å². The number of H-pyrrole nitrogens is 1. The van der Waals surface area contributed by atoms with Crippen LogP contribution in [0.5, 0.6) is 0 Å². The predicted octanol–water partition coefficient (Wildman–Crippen LogP) is 2.60. The zero-order valence-corrected chi connectivity index (χ0v) is 11.7. The standard InChI is InChI=1S/C8H9NO.C7H8N2O.CH4/c1-5-6-2-3-8(10)7(6)4-9-5;1-4-5-2-3-6(10)7(5)9-8-4;/h2-4H2,1H3;2-3H2,1H3,(H,8,9);1H4. The number of nitrogens with zero attached hydrogens (tertiary/aromatic N) is 2. The first kappa shape index (κ1) is 15.4. The molecule has 0 fully saturated rings. The van der Waals surface area contributed by atoms with E-state index in [9.17, 15) is 9.59 Å². The molecule has 0 spiro atoms. The Morgan fingerprint density at radius 2 is 1.67 bits per heavy atom. The minimum Gasteiger partial charge on any atom is -0.294 e. The molecule has 0 saturated carbocycles. The average molecular weight is 287 g/mol. The van der Waals surface area contributed by atoms with Gasteiger partial charge in [-0.1, -0.05) is 7.43 Å². The molecule has 5 nitrogen and oxygen atoms in total. The molecule has 2 heterocycles. The van der Waals surface area contributed by atoms with E-state index in [0.29, 0.717) is 24.4 Å². The number of aromatic amines is 1. The van der Waals surface area contributed by atoms with E-state index in [1.165, 1.54) is 5.57 Å². The van der Waals surface area contributed by atoms with Gasteiger partial charge in [-0.2, -0.15) is 5.10 Å². The van der Waals surface area contributed by atoms with Crippen LogP contribution in [0.4, 0.5) is 0 Å². The van der Waals surface area contributed by atoms with Crippen molar-refractivity contribution >= 4 is 17.3 Å². The third kappa shape index (κ3) is 2.60. The number of hydrogen-bond acceptors (Lipinski definition) is 4. The van der Waals surface area contributed by atoms with Gasteiger partial charge in [0.05, 0.1) is 6.54 Å². The van der Waals surface area contributed by atoms with Crippen molar-refractivity contribution in [3.8, 4) is 0 Å². The number of aryl methyl sites for hydroxylation is 1. The molecule has 112 valence electrons. The second kappa shape index (κ2) is 5.76. The first-order chi connectivity index (χ1) is 9.58. The summed E-state index contributed by atoms with van der Waals surface area (Å²) < 4.78 is 0. The van der Waals surface area contributed by atoms with Crippen molar-refractivity contribution in [2.75, 3.05) is 6.54 Å². The van der Waals surface area contributed by atoms with E-state index in [1.807, 2.05) is 13.8 Å². The van der Waals surface area contributed by atoms with Crippen LogP contribution in [0, 0.1) is 6.92 Å². The molecule has 21 heavy (non-hydrogen) atoms. The van der Waals surface area contributed by atoms with E-state index in [-0.39, 0.29) is 13.2 Å². The number of aliphatic imine (C=N–C) groups is 1. The number of rotatable bonds is 0. The third-order valence-electron chi connectivity index (χ3n) is 4.15. The highest BCUT2D eigenvalue weighted by Gasteiger charge is 2.27. The summed E-state index contributed by atoms with van der Waals surface area (Å²) in [6.45, 7) is 4.59. The highest BCUT2D eigenvalue weighted by Crippen LogP contribution is 2.28. The molecular weight excluding hydrogens is 266 g/mol. The fraction of sp³-hybridized carbons (Fsp3) is 0.500. The molecule has 1 aliphatic heterocycles. The largest absolute Gasteiger partial charge is 0.294 e. The van der Waals surface area contributed by atoms with Gasteiger partial charge >= 0.3 is 0 Å². The predicted molar refractivity (Wildman–Crippen MR) is 82.0 cm³/mol. The van der Waals surface area contributed by atoms with Gasteiger partial charge in [-0.25, -0.2) is 0 Å². The Balaban J connectivity index is 0.000000147. The summed E-state index contributed by atoms with van der Waals surface area (Å²) in [5.74, 6) is 0.495. The second-order valence-electron chi connectivity index (χ2n) is 5.38. The Morgan fingerprint density at radius 3 is 2.33 bits per heavy atom. The van der Waals surface area contributed by atoms with Crippen molar-refractivity contribution in [1.82, 2.24) is 10.2 Å².